The first-order valence-corrected chi connectivity index (χ1v) is 5.66. The fourth-order valence-electron chi connectivity index (χ4n) is 2.06. The van der Waals surface area contributed by atoms with E-state index in [0.717, 1.165) is 5.69 Å². The second-order valence-electron chi connectivity index (χ2n) is 4.28. The molecule has 0 fully saturated rings. The third kappa shape index (κ3) is 1.54. The van der Waals surface area contributed by atoms with Gasteiger partial charge in [-0.1, -0.05) is 12.1 Å². The van der Waals surface area contributed by atoms with Crippen LogP contribution in [-0.2, 0) is 0 Å². The Morgan fingerprint density at radius 2 is 2.06 bits per heavy atom. The smallest absolute Gasteiger partial charge is 0.226 e. The molecule has 2 aromatic rings. The van der Waals surface area contributed by atoms with Gasteiger partial charge in [-0.25, -0.2) is 0 Å². The fraction of sp³-hybridized carbons (Fsp3) is 0.167. The summed E-state index contributed by atoms with van der Waals surface area (Å²) in [5.41, 5.74) is 14.1. The summed E-state index contributed by atoms with van der Waals surface area (Å²) >= 11 is 0. The molecule has 6 heteroatoms. The highest BCUT2D eigenvalue weighted by Crippen LogP contribution is 2.28. The minimum Gasteiger partial charge on any atom is -0.368 e. The van der Waals surface area contributed by atoms with E-state index in [1.807, 2.05) is 42.4 Å². The van der Waals surface area contributed by atoms with Crippen molar-refractivity contribution >= 4 is 17.8 Å². The summed E-state index contributed by atoms with van der Waals surface area (Å²) < 4.78 is 1.69. The molecule has 1 aliphatic rings. The zero-order valence-corrected chi connectivity index (χ0v) is 9.99. The van der Waals surface area contributed by atoms with Crippen LogP contribution in [0.3, 0.4) is 0 Å². The number of aromatic nitrogens is 3. The van der Waals surface area contributed by atoms with Crippen LogP contribution in [0.2, 0.25) is 0 Å². The fourth-order valence-corrected chi connectivity index (χ4v) is 2.06. The molecule has 3 rings (SSSR count). The van der Waals surface area contributed by atoms with Crippen LogP contribution in [0.15, 0.2) is 30.5 Å². The first-order chi connectivity index (χ1) is 8.66. The SMILES string of the molecule is Cc1cccc(N2C=Cn3c(N)nnc3C2N)c1. The molecule has 0 bridgehead atoms. The summed E-state index contributed by atoms with van der Waals surface area (Å²) in [4.78, 5) is 1.94. The minimum atomic E-state index is -0.387. The van der Waals surface area contributed by atoms with Crippen LogP contribution in [-0.4, -0.2) is 14.8 Å². The van der Waals surface area contributed by atoms with Crippen LogP contribution in [0.25, 0.3) is 6.20 Å². The summed E-state index contributed by atoms with van der Waals surface area (Å²) in [5.74, 6) is 0.983. The Hall–Kier alpha value is -2.34. The van der Waals surface area contributed by atoms with E-state index >= 15 is 0 Å². The van der Waals surface area contributed by atoms with E-state index in [-0.39, 0.29) is 6.17 Å². The molecule has 18 heavy (non-hydrogen) atoms. The van der Waals surface area contributed by atoms with Crippen LogP contribution in [0.5, 0.6) is 0 Å². The molecule has 1 aromatic carbocycles. The number of benzene rings is 1. The van der Waals surface area contributed by atoms with Gasteiger partial charge in [0.2, 0.25) is 5.95 Å². The van der Waals surface area contributed by atoms with Crippen LogP contribution in [0.1, 0.15) is 17.6 Å². The second-order valence-corrected chi connectivity index (χ2v) is 4.28. The molecule has 0 radical (unpaired) electrons. The predicted octanol–water partition coefficient (Wildman–Crippen LogP) is 1.07. The lowest BCUT2D eigenvalue weighted by Gasteiger charge is -2.30. The highest BCUT2D eigenvalue weighted by molar-refractivity contribution is 5.57. The van der Waals surface area contributed by atoms with Crippen molar-refractivity contribution in [1.29, 1.82) is 0 Å². The van der Waals surface area contributed by atoms with Crippen LogP contribution in [0.4, 0.5) is 11.6 Å². The Morgan fingerprint density at radius 1 is 1.22 bits per heavy atom. The number of nitrogens with two attached hydrogens (primary N) is 2. The molecule has 0 saturated heterocycles. The number of anilines is 2. The average Bonchev–Trinajstić information content (AvgIpc) is 2.73. The van der Waals surface area contributed by atoms with E-state index < -0.39 is 0 Å². The van der Waals surface area contributed by atoms with E-state index in [1.165, 1.54) is 5.56 Å². The molecular weight excluding hydrogens is 228 g/mol. The monoisotopic (exact) mass is 242 g/mol. The largest absolute Gasteiger partial charge is 0.368 e. The number of aryl methyl sites for hydroxylation is 1. The maximum Gasteiger partial charge on any atom is 0.226 e. The van der Waals surface area contributed by atoms with E-state index in [4.69, 9.17) is 11.5 Å². The molecule has 0 amide bonds. The van der Waals surface area contributed by atoms with Crippen molar-refractivity contribution in [3.63, 3.8) is 0 Å². The van der Waals surface area contributed by atoms with Crippen molar-refractivity contribution in [2.45, 2.75) is 13.1 Å². The average molecular weight is 242 g/mol. The molecule has 2 heterocycles. The Kier molecular flexibility index (Phi) is 2.31. The molecule has 4 N–H and O–H groups in total. The lowest BCUT2D eigenvalue weighted by atomic mass is 10.2. The van der Waals surface area contributed by atoms with Crippen molar-refractivity contribution in [2.75, 3.05) is 10.6 Å². The van der Waals surface area contributed by atoms with Gasteiger partial charge in [0.1, 0.15) is 6.17 Å². The van der Waals surface area contributed by atoms with Crippen molar-refractivity contribution in [3.05, 3.63) is 41.9 Å². The zero-order chi connectivity index (χ0) is 12.7. The van der Waals surface area contributed by atoms with Crippen molar-refractivity contribution in [1.82, 2.24) is 14.8 Å². The number of fused-ring (bicyclic) bond motifs is 1. The van der Waals surface area contributed by atoms with E-state index in [2.05, 4.69) is 16.3 Å². The van der Waals surface area contributed by atoms with Gasteiger partial charge in [0.15, 0.2) is 5.82 Å². The van der Waals surface area contributed by atoms with Gasteiger partial charge in [0.25, 0.3) is 0 Å². The molecule has 0 saturated carbocycles. The molecule has 0 aliphatic carbocycles. The van der Waals surface area contributed by atoms with Crippen LogP contribution < -0.4 is 16.4 Å². The van der Waals surface area contributed by atoms with Gasteiger partial charge in [-0.05, 0) is 24.6 Å². The summed E-state index contributed by atoms with van der Waals surface area (Å²) in [5, 5.41) is 7.83. The van der Waals surface area contributed by atoms with Gasteiger partial charge < -0.3 is 16.4 Å². The summed E-state index contributed by atoms with van der Waals surface area (Å²) in [6.07, 6.45) is 3.31. The maximum absolute atomic E-state index is 6.18. The van der Waals surface area contributed by atoms with Crippen molar-refractivity contribution in [2.24, 2.45) is 5.73 Å². The molecule has 0 spiro atoms. The lowest BCUT2D eigenvalue weighted by Crippen LogP contribution is -2.35. The van der Waals surface area contributed by atoms with E-state index in [1.54, 1.807) is 4.57 Å². The first kappa shape index (κ1) is 10.8. The first-order valence-electron chi connectivity index (χ1n) is 5.66. The summed E-state index contributed by atoms with van der Waals surface area (Å²) in [7, 11) is 0. The molecular formula is C12H14N6. The Labute approximate surface area is 105 Å². The summed E-state index contributed by atoms with van der Waals surface area (Å²) in [6.45, 7) is 2.04. The van der Waals surface area contributed by atoms with Gasteiger partial charge in [-0.15, -0.1) is 10.2 Å². The number of nitrogen functional groups attached to an aromatic ring is 1. The van der Waals surface area contributed by atoms with E-state index in [9.17, 15) is 0 Å². The predicted molar refractivity (Wildman–Crippen MR) is 70.4 cm³/mol. The van der Waals surface area contributed by atoms with Gasteiger partial charge in [-0.2, -0.15) is 0 Å². The maximum atomic E-state index is 6.18. The van der Waals surface area contributed by atoms with Crippen LogP contribution >= 0.6 is 0 Å². The van der Waals surface area contributed by atoms with Gasteiger partial charge in [0.05, 0.1) is 0 Å². The third-order valence-electron chi connectivity index (χ3n) is 2.99. The van der Waals surface area contributed by atoms with Gasteiger partial charge >= 0.3 is 0 Å². The Balaban J connectivity index is 2.03. The standard InChI is InChI=1S/C12H14N6/c1-8-3-2-4-9(7-8)17-5-6-18-11(10(17)13)15-16-12(18)14/h2-7,10H,13H2,1H3,(H2,14,16). The molecule has 1 aromatic heterocycles. The molecule has 1 aliphatic heterocycles. The molecule has 1 unspecified atom stereocenters. The number of hydrogen-bond acceptors (Lipinski definition) is 5. The quantitative estimate of drug-likeness (QED) is 0.781. The number of rotatable bonds is 1. The van der Waals surface area contributed by atoms with Crippen LogP contribution in [0, 0.1) is 6.92 Å². The Morgan fingerprint density at radius 3 is 2.83 bits per heavy atom. The van der Waals surface area contributed by atoms with Gasteiger partial charge in [-0.3, -0.25) is 4.57 Å². The minimum absolute atomic E-state index is 0.348. The number of nitrogens with zero attached hydrogens (tertiary/aromatic N) is 4. The molecule has 1 atom stereocenters. The highest BCUT2D eigenvalue weighted by Gasteiger charge is 2.25. The summed E-state index contributed by atoms with van der Waals surface area (Å²) in [6, 6.07) is 8.12. The third-order valence-corrected chi connectivity index (χ3v) is 2.99. The van der Waals surface area contributed by atoms with E-state index in [0.29, 0.717) is 11.8 Å². The van der Waals surface area contributed by atoms with Gasteiger partial charge in [0, 0.05) is 18.1 Å². The topological polar surface area (TPSA) is 86.0 Å². The number of hydrogen-bond donors (Lipinski definition) is 2. The normalized spacial score (nSPS) is 17.9. The van der Waals surface area contributed by atoms with Crippen molar-refractivity contribution in [3.8, 4) is 0 Å². The Bertz CT molecular complexity index is 615. The zero-order valence-electron chi connectivity index (χ0n) is 9.99. The highest BCUT2D eigenvalue weighted by atomic mass is 15.4. The molecule has 92 valence electrons. The lowest BCUT2D eigenvalue weighted by molar-refractivity contribution is 0.649. The van der Waals surface area contributed by atoms with Crippen molar-refractivity contribution < 1.29 is 0 Å². The second kappa shape index (κ2) is 3.85. The molecule has 6 nitrogen and oxygen atoms in total.